The quantitative estimate of drug-likeness (QED) is 0.449. The van der Waals surface area contributed by atoms with E-state index in [1.54, 1.807) is 5.57 Å². The Bertz CT molecular complexity index is 425. The smallest absolute Gasteiger partial charge is 0.244 e. The molecule has 0 radical (unpaired) electrons. The van der Waals surface area contributed by atoms with Gasteiger partial charge in [-0.1, -0.05) is 11.6 Å². The number of hydrogen-bond acceptors (Lipinski definition) is 2. The van der Waals surface area contributed by atoms with Crippen molar-refractivity contribution in [3.63, 3.8) is 0 Å². The Morgan fingerprint density at radius 1 is 1.17 bits per heavy atom. The lowest BCUT2D eigenvalue weighted by Crippen LogP contribution is -2.40. The van der Waals surface area contributed by atoms with E-state index in [1.165, 1.54) is 32.1 Å². The van der Waals surface area contributed by atoms with Crippen LogP contribution in [0, 0.1) is 0 Å². The minimum Gasteiger partial charge on any atom is -0.357 e. The summed E-state index contributed by atoms with van der Waals surface area (Å²) >= 11 is 0. The van der Waals surface area contributed by atoms with Crippen molar-refractivity contribution >= 4 is 11.9 Å². The first-order valence-electron chi connectivity index (χ1n) is 9.27. The zero-order valence-electron chi connectivity index (χ0n) is 14.6. The molecule has 0 aromatic heterocycles. The third-order valence-electron chi connectivity index (χ3n) is 4.55. The molecule has 1 fully saturated rings. The predicted octanol–water partition coefficient (Wildman–Crippen LogP) is 2.44. The minimum atomic E-state index is 0.150. The average molecular weight is 320 g/mol. The van der Waals surface area contributed by atoms with Crippen molar-refractivity contribution in [3.8, 4) is 0 Å². The van der Waals surface area contributed by atoms with E-state index in [4.69, 9.17) is 0 Å². The molecular weight excluding hydrogens is 288 g/mol. The van der Waals surface area contributed by atoms with Gasteiger partial charge in [-0.2, -0.15) is 0 Å². The topological polar surface area (TPSA) is 56.7 Å². The molecule has 0 spiro atoms. The number of allylic oxidation sites excluding steroid dienone is 1. The van der Waals surface area contributed by atoms with Gasteiger partial charge in [-0.3, -0.25) is 4.79 Å². The van der Waals surface area contributed by atoms with Crippen LogP contribution in [0.25, 0.3) is 0 Å². The lowest BCUT2D eigenvalue weighted by Gasteiger charge is -2.26. The number of nitrogens with zero attached hydrogens (tertiary/aromatic N) is 2. The molecule has 0 saturated carbocycles. The van der Waals surface area contributed by atoms with E-state index in [2.05, 4.69) is 21.7 Å². The van der Waals surface area contributed by atoms with Crippen LogP contribution in [0.5, 0.6) is 0 Å². The maximum Gasteiger partial charge on any atom is 0.244 e. The molecule has 2 aliphatic rings. The fourth-order valence-electron chi connectivity index (χ4n) is 3.20. The maximum absolute atomic E-state index is 12.2. The molecule has 0 unspecified atom stereocenters. The van der Waals surface area contributed by atoms with Gasteiger partial charge in [0.05, 0.1) is 0 Å². The van der Waals surface area contributed by atoms with Crippen LogP contribution in [-0.2, 0) is 4.79 Å². The molecule has 2 N–H and O–H groups in total. The van der Waals surface area contributed by atoms with Crippen LogP contribution in [-0.4, -0.2) is 49.5 Å². The van der Waals surface area contributed by atoms with Gasteiger partial charge >= 0.3 is 0 Å². The molecule has 5 nitrogen and oxygen atoms in total. The van der Waals surface area contributed by atoms with Crippen molar-refractivity contribution in [1.29, 1.82) is 0 Å². The molecular formula is C18H32N4O. The van der Waals surface area contributed by atoms with Crippen LogP contribution in [0.15, 0.2) is 16.6 Å². The van der Waals surface area contributed by atoms with E-state index in [0.717, 1.165) is 51.4 Å². The van der Waals surface area contributed by atoms with Gasteiger partial charge in [-0.05, 0) is 58.3 Å². The van der Waals surface area contributed by atoms with Gasteiger partial charge in [0, 0.05) is 26.2 Å². The Labute approximate surface area is 140 Å². The Morgan fingerprint density at radius 3 is 2.70 bits per heavy atom. The van der Waals surface area contributed by atoms with Gasteiger partial charge in [0.2, 0.25) is 5.91 Å². The van der Waals surface area contributed by atoms with Crippen molar-refractivity contribution in [1.82, 2.24) is 15.5 Å². The van der Waals surface area contributed by atoms with Crippen LogP contribution in [0.1, 0.15) is 58.3 Å². The highest BCUT2D eigenvalue weighted by molar-refractivity contribution is 5.85. The second kappa shape index (κ2) is 10.3. The zero-order valence-corrected chi connectivity index (χ0v) is 14.6. The molecule has 23 heavy (non-hydrogen) atoms. The van der Waals surface area contributed by atoms with Crippen LogP contribution in [0.3, 0.4) is 0 Å². The number of amides is 1. The first-order valence-corrected chi connectivity index (χ1v) is 9.27. The summed E-state index contributed by atoms with van der Waals surface area (Å²) in [5.41, 5.74) is 1.56. The highest BCUT2D eigenvalue weighted by Crippen LogP contribution is 2.19. The van der Waals surface area contributed by atoms with Crippen LogP contribution >= 0.6 is 0 Å². The van der Waals surface area contributed by atoms with Crippen molar-refractivity contribution < 1.29 is 4.79 Å². The number of hydrogen-bond donors (Lipinski definition) is 2. The fourth-order valence-corrected chi connectivity index (χ4v) is 3.20. The van der Waals surface area contributed by atoms with E-state index in [9.17, 15) is 4.79 Å². The molecule has 1 saturated heterocycles. The molecule has 0 atom stereocenters. The van der Waals surface area contributed by atoms with Crippen molar-refractivity contribution in [2.24, 2.45) is 4.99 Å². The number of likely N-dealkylation sites (tertiary alicyclic amines) is 1. The van der Waals surface area contributed by atoms with Crippen molar-refractivity contribution in [3.05, 3.63) is 11.6 Å². The number of carbonyl (C=O) groups is 1. The molecule has 130 valence electrons. The zero-order chi connectivity index (χ0) is 16.3. The summed E-state index contributed by atoms with van der Waals surface area (Å²) < 4.78 is 0. The highest BCUT2D eigenvalue weighted by Gasteiger charge is 2.15. The molecule has 5 heteroatoms. The van der Waals surface area contributed by atoms with E-state index < -0.39 is 0 Å². The second-order valence-corrected chi connectivity index (χ2v) is 6.42. The third kappa shape index (κ3) is 6.63. The third-order valence-corrected chi connectivity index (χ3v) is 4.55. The van der Waals surface area contributed by atoms with Gasteiger partial charge < -0.3 is 15.5 Å². The monoisotopic (exact) mass is 320 g/mol. The van der Waals surface area contributed by atoms with Crippen LogP contribution in [0.4, 0.5) is 0 Å². The molecule has 1 amide bonds. The Balaban J connectivity index is 1.74. The van der Waals surface area contributed by atoms with Crippen LogP contribution in [0.2, 0.25) is 0 Å². The number of aliphatic imine (C=N–C) groups is 1. The molecule has 1 aliphatic heterocycles. The SMILES string of the molecule is CCNC(=NCC(=O)N1CCCCC1)NCCC1=CCCCC1. The molecule has 1 aliphatic carbocycles. The lowest BCUT2D eigenvalue weighted by atomic mass is 9.97. The first-order chi connectivity index (χ1) is 11.3. The lowest BCUT2D eigenvalue weighted by molar-refractivity contribution is -0.130. The largest absolute Gasteiger partial charge is 0.357 e. The summed E-state index contributed by atoms with van der Waals surface area (Å²) in [5.74, 6) is 0.908. The van der Waals surface area contributed by atoms with E-state index in [0.29, 0.717) is 0 Å². The van der Waals surface area contributed by atoms with Gasteiger partial charge in [0.1, 0.15) is 6.54 Å². The molecule has 0 bridgehead atoms. The molecule has 0 aromatic rings. The normalized spacial score (nSPS) is 19.3. The fraction of sp³-hybridized carbons (Fsp3) is 0.778. The van der Waals surface area contributed by atoms with Gasteiger partial charge in [-0.15, -0.1) is 0 Å². The summed E-state index contributed by atoms with van der Waals surface area (Å²) in [4.78, 5) is 18.6. The van der Waals surface area contributed by atoms with Crippen molar-refractivity contribution in [2.45, 2.75) is 58.3 Å². The highest BCUT2D eigenvalue weighted by atomic mass is 16.2. The minimum absolute atomic E-state index is 0.150. The number of carbonyl (C=O) groups excluding carboxylic acids is 1. The summed E-state index contributed by atoms with van der Waals surface area (Å²) in [6, 6.07) is 0. The molecule has 2 rings (SSSR count). The van der Waals surface area contributed by atoms with Crippen LogP contribution < -0.4 is 10.6 Å². The predicted molar refractivity (Wildman–Crippen MR) is 95.6 cm³/mol. The van der Waals surface area contributed by atoms with Crippen molar-refractivity contribution in [2.75, 3.05) is 32.7 Å². The van der Waals surface area contributed by atoms with Gasteiger partial charge in [0.15, 0.2) is 5.96 Å². The first kappa shape index (κ1) is 17.8. The Kier molecular flexibility index (Phi) is 7.98. The summed E-state index contributed by atoms with van der Waals surface area (Å²) in [6.07, 6.45) is 12.1. The van der Waals surface area contributed by atoms with Gasteiger partial charge in [0.25, 0.3) is 0 Å². The second-order valence-electron chi connectivity index (χ2n) is 6.42. The average Bonchev–Trinajstić information content (AvgIpc) is 2.61. The number of guanidine groups is 1. The standard InChI is InChI=1S/C18H32N4O/c1-2-19-18(20-12-11-16-9-5-3-6-10-16)21-15-17(23)22-13-7-4-8-14-22/h9H,2-8,10-15H2,1H3,(H2,19,20,21). The summed E-state index contributed by atoms with van der Waals surface area (Å²) in [6.45, 7) is 5.78. The number of piperidine rings is 1. The Hall–Kier alpha value is -1.52. The Morgan fingerprint density at radius 2 is 2.00 bits per heavy atom. The molecule has 1 heterocycles. The van der Waals surface area contributed by atoms with Gasteiger partial charge in [-0.25, -0.2) is 4.99 Å². The van der Waals surface area contributed by atoms with E-state index in [1.807, 2.05) is 11.8 Å². The number of nitrogens with one attached hydrogen (secondary N) is 2. The van der Waals surface area contributed by atoms with E-state index in [-0.39, 0.29) is 12.5 Å². The summed E-state index contributed by atoms with van der Waals surface area (Å²) in [5, 5.41) is 6.58. The number of rotatable bonds is 6. The summed E-state index contributed by atoms with van der Waals surface area (Å²) in [7, 11) is 0. The maximum atomic E-state index is 12.2. The molecule has 0 aromatic carbocycles. The van der Waals surface area contributed by atoms with E-state index >= 15 is 0 Å².